The maximum absolute atomic E-state index is 9.38. The third-order valence-corrected chi connectivity index (χ3v) is 2.23. The zero-order chi connectivity index (χ0) is 10.8. The summed E-state index contributed by atoms with van der Waals surface area (Å²) in [5.74, 6) is 1.46. The van der Waals surface area contributed by atoms with Crippen LogP contribution in [-0.2, 0) is 6.42 Å². The summed E-state index contributed by atoms with van der Waals surface area (Å²) >= 11 is 0. The van der Waals surface area contributed by atoms with Gasteiger partial charge in [-0.05, 0) is 30.7 Å². The van der Waals surface area contributed by atoms with Crippen molar-refractivity contribution in [3.8, 4) is 17.1 Å². The van der Waals surface area contributed by atoms with Crippen LogP contribution in [0.25, 0.3) is 11.4 Å². The fraction of sp³-hybridized carbons (Fsp3) is 0.273. The number of phenolic OH excluding ortho intramolecular Hbond substituents is 1. The molecule has 0 atom stereocenters. The number of hydrogen-bond donors (Lipinski definition) is 1. The Bertz CT molecular complexity index is 477. The van der Waals surface area contributed by atoms with Crippen molar-refractivity contribution in [2.45, 2.75) is 20.3 Å². The number of nitrogens with zero attached hydrogens (tertiary/aromatic N) is 2. The van der Waals surface area contributed by atoms with E-state index in [4.69, 9.17) is 4.52 Å². The highest BCUT2D eigenvalue weighted by atomic mass is 16.5. The molecule has 15 heavy (non-hydrogen) atoms. The van der Waals surface area contributed by atoms with Crippen molar-refractivity contribution in [3.05, 3.63) is 29.7 Å². The summed E-state index contributed by atoms with van der Waals surface area (Å²) in [5, 5.41) is 13.2. The lowest BCUT2D eigenvalue weighted by atomic mass is 10.1. The van der Waals surface area contributed by atoms with Gasteiger partial charge in [-0.1, -0.05) is 12.1 Å². The third kappa shape index (κ3) is 1.83. The first-order valence-electron chi connectivity index (χ1n) is 4.83. The van der Waals surface area contributed by atoms with Crippen molar-refractivity contribution in [2.24, 2.45) is 0 Å². The van der Waals surface area contributed by atoms with E-state index in [0.717, 1.165) is 17.5 Å². The molecule has 0 aliphatic carbocycles. The Balaban J connectivity index is 2.40. The first-order chi connectivity index (χ1) is 7.20. The molecule has 0 bridgehead atoms. The zero-order valence-corrected chi connectivity index (χ0v) is 8.69. The number of aromatic hydroxyl groups is 1. The Morgan fingerprint density at radius 3 is 2.80 bits per heavy atom. The van der Waals surface area contributed by atoms with Gasteiger partial charge in [0.2, 0.25) is 11.7 Å². The average molecular weight is 204 g/mol. The largest absolute Gasteiger partial charge is 0.508 e. The van der Waals surface area contributed by atoms with Crippen LogP contribution in [0.4, 0.5) is 0 Å². The lowest BCUT2D eigenvalue weighted by molar-refractivity contribution is 0.383. The van der Waals surface area contributed by atoms with Crippen LogP contribution in [0.5, 0.6) is 5.75 Å². The minimum Gasteiger partial charge on any atom is -0.508 e. The first-order valence-corrected chi connectivity index (χ1v) is 4.83. The lowest BCUT2D eigenvalue weighted by Gasteiger charge is -1.99. The van der Waals surface area contributed by atoms with Crippen molar-refractivity contribution in [1.82, 2.24) is 10.1 Å². The lowest BCUT2D eigenvalue weighted by Crippen LogP contribution is -1.83. The highest BCUT2D eigenvalue weighted by Gasteiger charge is 2.08. The molecule has 0 saturated carbocycles. The molecule has 0 aliphatic rings. The summed E-state index contributed by atoms with van der Waals surface area (Å²) in [6, 6.07) is 5.24. The van der Waals surface area contributed by atoms with Gasteiger partial charge in [-0.2, -0.15) is 4.98 Å². The topological polar surface area (TPSA) is 59.2 Å². The van der Waals surface area contributed by atoms with E-state index >= 15 is 0 Å². The average Bonchev–Trinajstić information content (AvgIpc) is 2.70. The highest BCUT2D eigenvalue weighted by Crippen LogP contribution is 2.23. The van der Waals surface area contributed by atoms with Gasteiger partial charge in [0.05, 0.1) is 0 Å². The van der Waals surface area contributed by atoms with Crippen LogP contribution < -0.4 is 0 Å². The van der Waals surface area contributed by atoms with Crippen LogP contribution in [-0.4, -0.2) is 15.2 Å². The number of phenols is 1. The predicted octanol–water partition coefficient (Wildman–Crippen LogP) is 2.31. The molecule has 1 aromatic carbocycles. The summed E-state index contributed by atoms with van der Waals surface area (Å²) in [7, 11) is 0. The van der Waals surface area contributed by atoms with E-state index in [1.54, 1.807) is 12.1 Å². The molecule has 0 amide bonds. The number of hydrogen-bond acceptors (Lipinski definition) is 4. The molecule has 0 aliphatic heterocycles. The summed E-state index contributed by atoms with van der Waals surface area (Å²) < 4.78 is 5.01. The smallest absolute Gasteiger partial charge is 0.226 e. The molecule has 2 rings (SSSR count). The van der Waals surface area contributed by atoms with E-state index in [0.29, 0.717) is 11.7 Å². The first kappa shape index (κ1) is 9.71. The molecular weight excluding hydrogens is 192 g/mol. The normalized spacial score (nSPS) is 10.5. The standard InChI is InChI=1S/C11H12N2O2/c1-3-10-12-11(13-15-10)8-4-5-9(14)7(2)6-8/h4-6,14H,3H2,1-2H3. The molecule has 4 nitrogen and oxygen atoms in total. The third-order valence-electron chi connectivity index (χ3n) is 2.23. The Hall–Kier alpha value is -1.84. The highest BCUT2D eigenvalue weighted by molar-refractivity contribution is 5.57. The van der Waals surface area contributed by atoms with E-state index in [2.05, 4.69) is 10.1 Å². The molecule has 1 heterocycles. The van der Waals surface area contributed by atoms with E-state index in [1.165, 1.54) is 0 Å². The Kier molecular flexibility index (Phi) is 2.41. The van der Waals surface area contributed by atoms with Crippen LogP contribution in [0.3, 0.4) is 0 Å². The molecule has 1 N–H and O–H groups in total. The number of benzene rings is 1. The SMILES string of the molecule is CCc1nc(-c2ccc(O)c(C)c2)no1. The van der Waals surface area contributed by atoms with Crippen LogP contribution in [0.15, 0.2) is 22.7 Å². The monoisotopic (exact) mass is 204 g/mol. The summed E-state index contributed by atoms with van der Waals surface area (Å²) in [6.45, 7) is 3.79. The van der Waals surface area contributed by atoms with Crippen LogP contribution >= 0.6 is 0 Å². The molecule has 1 aromatic heterocycles. The van der Waals surface area contributed by atoms with Crippen molar-refractivity contribution >= 4 is 0 Å². The minimum absolute atomic E-state index is 0.276. The molecular formula is C11H12N2O2. The van der Waals surface area contributed by atoms with Crippen molar-refractivity contribution in [1.29, 1.82) is 0 Å². The number of aryl methyl sites for hydroxylation is 2. The van der Waals surface area contributed by atoms with Gasteiger partial charge < -0.3 is 9.63 Å². The minimum atomic E-state index is 0.276. The Morgan fingerprint density at radius 2 is 2.20 bits per heavy atom. The maximum Gasteiger partial charge on any atom is 0.226 e. The molecule has 0 radical (unpaired) electrons. The van der Waals surface area contributed by atoms with Gasteiger partial charge in [-0.25, -0.2) is 0 Å². The van der Waals surface area contributed by atoms with E-state index in [1.807, 2.05) is 19.9 Å². The predicted molar refractivity (Wildman–Crippen MR) is 55.5 cm³/mol. The van der Waals surface area contributed by atoms with Gasteiger partial charge >= 0.3 is 0 Å². The second-order valence-electron chi connectivity index (χ2n) is 3.37. The summed E-state index contributed by atoms with van der Waals surface area (Å²) in [4.78, 5) is 4.21. The quantitative estimate of drug-likeness (QED) is 0.815. The van der Waals surface area contributed by atoms with E-state index < -0.39 is 0 Å². The fourth-order valence-electron chi connectivity index (χ4n) is 1.31. The van der Waals surface area contributed by atoms with Crippen molar-refractivity contribution < 1.29 is 9.63 Å². The zero-order valence-electron chi connectivity index (χ0n) is 8.69. The van der Waals surface area contributed by atoms with Crippen molar-refractivity contribution in [3.63, 3.8) is 0 Å². The second-order valence-corrected chi connectivity index (χ2v) is 3.37. The van der Waals surface area contributed by atoms with Crippen LogP contribution in [0, 0.1) is 6.92 Å². The number of rotatable bonds is 2. The van der Waals surface area contributed by atoms with Crippen LogP contribution in [0.1, 0.15) is 18.4 Å². The van der Waals surface area contributed by atoms with Gasteiger partial charge in [0.25, 0.3) is 0 Å². The molecule has 0 spiro atoms. The molecule has 0 fully saturated rings. The van der Waals surface area contributed by atoms with Crippen molar-refractivity contribution in [2.75, 3.05) is 0 Å². The molecule has 78 valence electrons. The van der Waals surface area contributed by atoms with Gasteiger partial charge in [0, 0.05) is 12.0 Å². The number of aromatic nitrogens is 2. The second kappa shape index (κ2) is 3.73. The van der Waals surface area contributed by atoms with Gasteiger partial charge in [0.1, 0.15) is 5.75 Å². The maximum atomic E-state index is 9.38. The fourth-order valence-corrected chi connectivity index (χ4v) is 1.31. The summed E-state index contributed by atoms with van der Waals surface area (Å²) in [5.41, 5.74) is 1.66. The molecule has 2 aromatic rings. The summed E-state index contributed by atoms with van der Waals surface area (Å²) in [6.07, 6.45) is 0.726. The van der Waals surface area contributed by atoms with Gasteiger partial charge in [-0.3, -0.25) is 0 Å². The molecule has 0 unspecified atom stereocenters. The Labute approximate surface area is 87.6 Å². The van der Waals surface area contributed by atoms with E-state index in [-0.39, 0.29) is 5.75 Å². The van der Waals surface area contributed by atoms with Crippen LogP contribution in [0.2, 0.25) is 0 Å². The Morgan fingerprint density at radius 1 is 1.40 bits per heavy atom. The van der Waals surface area contributed by atoms with Gasteiger partial charge in [-0.15, -0.1) is 0 Å². The van der Waals surface area contributed by atoms with Gasteiger partial charge in [0.15, 0.2) is 0 Å². The molecule has 0 saturated heterocycles. The molecule has 4 heteroatoms. The van der Waals surface area contributed by atoms with E-state index in [9.17, 15) is 5.11 Å².